The summed E-state index contributed by atoms with van der Waals surface area (Å²) in [5, 5.41) is 32.4. The van der Waals surface area contributed by atoms with Crippen LogP contribution in [0.1, 0.15) is 41.0 Å². The Bertz CT molecular complexity index is 5350. The van der Waals surface area contributed by atoms with E-state index in [9.17, 15) is 31.1 Å². The number of pyridine rings is 2. The zero-order valence-corrected chi connectivity index (χ0v) is 74.9. The number of aryl methyl sites for hydroxylation is 1. The number of aromatic carboxylic acids is 1. The van der Waals surface area contributed by atoms with Crippen LogP contribution in [0.5, 0.6) is 0 Å². The molecule has 6 radical (unpaired) electrons. The normalized spacial score (nSPS) is 10.4. The molecule has 1 N–H and O–H groups in total. The van der Waals surface area contributed by atoms with Gasteiger partial charge in [-0.2, -0.15) is 97.3 Å². The first-order valence-electron chi connectivity index (χ1n) is 33.4. The summed E-state index contributed by atoms with van der Waals surface area (Å²) in [5.74, 6) is -4.96. The first kappa shape index (κ1) is 95.1. The standard InChI is InChI=1S/C18H15N2.C15H11N2.C12H10N.3C9H5F2N2.C9H7N2.C6H5NO2.6Ir/c1-18(2)16-7-4-3-6-14(16)15-12-13(8-9-17(15)18)20-11-5-10-19-20;1-3-7-13(8-4-1)14-11-16-17(12-14)15-9-5-2-6-10-15;1-10-5-7-11(8-6-10)12-4-2-3-9-13-12;3*10-7-2-3-9(8(11)6-7)13-5-1-4-12-13;1-2-5-9(6-3-1)11-8-4-7-10-11;8-6(9)5-3-1-2-4-7-5;;;;;;/h3-11H,1-2H3;1-9,11-12H;2-7,9H,1H3;3*1-2,4-6H;1-5,7-8H;1-4H,(H,8,9);;;;;;/q7*-1;;;;;;;. The summed E-state index contributed by atoms with van der Waals surface area (Å²) in [5.41, 5.74) is 14.1. The van der Waals surface area contributed by atoms with Crippen LogP contribution in [0.15, 0.2) is 323 Å². The van der Waals surface area contributed by atoms with Crippen LogP contribution in [0.25, 0.3) is 67.6 Å². The fraction of sp³-hybridized carbons (Fsp3) is 0.0460. The van der Waals surface area contributed by atoms with Crippen LogP contribution in [0.4, 0.5) is 26.3 Å². The molecule has 1 aliphatic rings. The molecule has 16 nitrogen and oxygen atoms in total. The predicted molar refractivity (Wildman–Crippen MR) is 402 cm³/mol. The van der Waals surface area contributed by atoms with Crippen molar-refractivity contribution < 1.29 is 157 Å². The molecule has 0 unspecified atom stereocenters. The number of nitrogens with zero attached hydrogens (tertiary/aromatic N) is 14. The maximum atomic E-state index is 13.1. The minimum atomic E-state index is -0.990. The molecular formula is C87H63F6Ir6N14O2-7. The molecule has 0 spiro atoms. The summed E-state index contributed by atoms with van der Waals surface area (Å²) in [6.07, 6.45) is 23.7. The van der Waals surface area contributed by atoms with E-state index in [1.54, 1.807) is 72.2 Å². The van der Waals surface area contributed by atoms with Gasteiger partial charge in [-0.05, 0) is 99.3 Å². The number of para-hydroxylation sites is 2. The van der Waals surface area contributed by atoms with E-state index in [0.29, 0.717) is 0 Å². The van der Waals surface area contributed by atoms with Crippen molar-refractivity contribution in [1.29, 1.82) is 0 Å². The summed E-state index contributed by atoms with van der Waals surface area (Å²) < 4.78 is 86.0. The Balaban J connectivity index is 0.000000235. The van der Waals surface area contributed by atoms with E-state index < -0.39 is 40.9 Å². The van der Waals surface area contributed by atoms with Crippen molar-refractivity contribution in [2.24, 2.45) is 0 Å². The van der Waals surface area contributed by atoms with Gasteiger partial charge in [-0.1, -0.05) is 105 Å². The van der Waals surface area contributed by atoms with Crippen molar-refractivity contribution in [2.45, 2.75) is 26.2 Å². The van der Waals surface area contributed by atoms with Crippen molar-refractivity contribution in [3.8, 4) is 67.6 Å². The topological polar surface area (TPSA) is 170 Å². The molecule has 8 aromatic heterocycles. The van der Waals surface area contributed by atoms with Crippen molar-refractivity contribution in [1.82, 2.24) is 68.7 Å². The van der Waals surface area contributed by atoms with Crippen LogP contribution < -0.4 is 0 Å². The Morgan fingerprint density at radius 2 is 0.843 bits per heavy atom. The summed E-state index contributed by atoms with van der Waals surface area (Å²) in [7, 11) is 0. The number of carbonyl (C=O) groups is 1. The zero-order chi connectivity index (χ0) is 76.3. The van der Waals surface area contributed by atoms with Crippen LogP contribution in [0.2, 0.25) is 0 Å². The van der Waals surface area contributed by atoms with Gasteiger partial charge in [0.1, 0.15) is 5.69 Å². The summed E-state index contributed by atoms with van der Waals surface area (Å²) in [4.78, 5) is 18.0. The van der Waals surface area contributed by atoms with Gasteiger partial charge in [-0.15, -0.1) is 113 Å². The molecule has 1 aliphatic carbocycles. The number of carboxylic acid groups (broad SMARTS) is 1. The SMILES string of the molecule is CC1(C)c2ccc(-n3cccn3)[c-]c2-c2ccccc21.Cc1c[c-]c(-c2ccccn2)cc1.Fc1c[c-]c(-n2cccn2)c(F)c1.Fc1c[c-]c(-n2cccn2)c(F)c1.Fc1c[c-]c(-n2cccn2)c(F)c1.O=C(O)c1ccccn1.[Ir].[Ir].[Ir].[Ir].[Ir].[Ir].[c-]1ccccc1-n1cc(-c2ccccc2)cn1.[c-]1ccccc1-n1cccn1. The quantitative estimate of drug-likeness (QED) is 0.108. The first-order valence-corrected chi connectivity index (χ1v) is 33.4. The van der Waals surface area contributed by atoms with Gasteiger partial charge in [0.15, 0.2) is 0 Å². The molecule has 0 bridgehead atoms. The van der Waals surface area contributed by atoms with Crippen LogP contribution in [-0.4, -0.2) is 79.7 Å². The molecule has 0 aliphatic heterocycles. The monoisotopic (exact) mass is 2610 g/mol. The number of hydrogen-bond acceptors (Lipinski definition) is 9. The van der Waals surface area contributed by atoms with Gasteiger partial charge in [-0.25, -0.2) is 9.78 Å². The molecule has 115 heavy (non-hydrogen) atoms. The molecule has 0 amide bonds. The van der Waals surface area contributed by atoms with Gasteiger partial charge in [0.2, 0.25) is 0 Å². The molecule has 596 valence electrons. The molecular weight excluding hydrogens is 2540 g/mol. The van der Waals surface area contributed by atoms with Crippen LogP contribution in [-0.2, 0) is 126 Å². The largest absolute Gasteiger partial charge is 0.477 e. The third-order valence-electron chi connectivity index (χ3n) is 15.8. The second kappa shape index (κ2) is 48.0. The molecule has 0 saturated heterocycles. The van der Waals surface area contributed by atoms with E-state index >= 15 is 0 Å². The van der Waals surface area contributed by atoms with Gasteiger partial charge in [0.05, 0.1) is 6.20 Å². The predicted octanol–water partition coefficient (Wildman–Crippen LogP) is 18.5. The maximum Gasteiger partial charge on any atom is 0.354 e. The molecule has 8 heterocycles. The average Bonchev–Trinajstić information content (AvgIpc) is 1.58. The fourth-order valence-electron chi connectivity index (χ4n) is 10.6. The number of carboxylic acids is 1. The smallest absolute Gasteiger partial charge is 0.354 e. The van der Waals surface area contributed by atoms with Gasteiger partial charge in [0, 0.05) is 242 Å². The molecule has 0 atom stereocenters. The van der Waals surface area contributed by atoms with E-state index in [4.69, 9.17) is 5.11 Å². The fourth-order valence-corrected chi connectivity index (χ4v) is 10.6. The Morgan fingerprint density at radius 3 is 1.26 bits per heavy atom. The number of aromatic nitrogens is 14. The van der Waals surface area contributed by atoms with E-state index in [0.717, 1.165) is 70.3 Å². The number of hydrogen-bond donors (Lipinski definition) is 1. The summed E-state index contributed by atoms with van der Waals surface area (Å²) >= 11 is 0. The minimum Gasteiger partial charge on any atom is -0.477 e. The van der Waals surface area contributed by atoms with E-state index in [1.807, 2.05) is 143 Å². The van der Waals surface area contributed by atoms with Crippen LogP contribution in [0, 0.1) is 84.3 Å². The van der Waals surface area contributed by atoms with Crippen molar-refractivity contribution in [2.75, 3.05) is 0 Å². The average molecular weight is 2600 g/mol. The molecule has 0 saturated carbocycles. The maximum absolute atomic E-state index is 13.1. The van der Waals surface area contributed by atoms with Gasteiger partial charge < -0.3 is 10.1 Å². The summed E-state index contributed by atoms with van der Waals surface area (Å²) in [6.45, 7) is 6.61. The molecule has 0 fully saturated rings. The third-order valence-corrected chi connectivity index (χ3v) is 15.8. The first-order chi connectivity index (χ1) is 53.1. The Kier molecular flexibility index (Phi) is 39.7. The Morgan fingerprint density at radius 1 is 0.391 bits per heavy atom. The summed E-state index contributed by atoms with van der Waals surface area (Å²) in [6, 6.07) is 90.1. The number of rotatable bonds is 9. The molecule has 18 rings (SSSR count). The van der Waals surface area contributed by atoms with Crippen LogP contribution >= 0.6 is 0 Å². The van der Waals surface area contributed by atoms with E-state index in [2.05, 4.69) is 158 Å². The molecule has 9 aromatic carbocycles. The van der Waals surface area contributed by atoms with E-state index in [1.165, 1.54) is 78.3 Å². The third kappa shape index (κ3) is 27.1. The number of fused-ring (bicyclic) bond motifs is 3. The van der Waals surface area contributed by atoms with Crippen molar-refractivity contribution >= 4 is 5.97 Å². The van der Waals surface area contributed by atoms with Gasteiger partial charge in [-0.3, -0.25) is 54.4 Å². The Labute approximate surface area is 741 Å². The zero-order valence-electron chi connectivity index (χ0n) is 60.5. The van der Waals surface area contributed by atoms with Gasteiger partial charge in [0.25, 0.3) is 0 Å². The second-order valence-electron chi connectivity index (χ2n) is 23.6. The number of benzene rings is 9. The van der Waals surface area contributed by atoms with E-state index in [-0.39, 0.29) is 149 Å². The van der Waals surface area contributed by atoms with Crippen molar-refractivity contribution in [3.05, 3.63) is 423 Å². The molecule has 17 aromatic rings. The van der Waals surface area contributed by atoms with Crippen LogP contribution in [0.3, 0.4) is 0 Å². The molecule has 28 heteroatoms. The Hall–Kier alpha value is -10.5. The minimum absolute atomic E-state index is 0. The second-order valence-corrected chi connectivity index (χ2v) is 23.6. The number of halogens is 6. The van der Waals surface area contributed by atoms with Gasteiger partial charge >= 0.3 is 5.97 Å². The van der Waals surface area contributed by atoms with Crippen molar-refractivity contribution in [3.63, 3.8) is 0 Å².